The molecule has 3 nitrogen and oxygen atoms in total. The number of hydrogen-bond donors (Lipinski definition) is 0. The lowest BCUT2D eigenvalue weighted by atomic mass is 9.97. The van der Waals surface area contributed by atoms with Crippen LogP contribution in [0.3, 0.4) is 0 Å². The molecular weight excluding hydrogens is 238 g/mol. The molecule has 0 amide bonds. The first-order chi connectivity index (χ1) is 7.27. The highest BCUT2D eigenvalue weighted by molar-refractivity contribution is 7.85. The third-order valence-electron chi connectivity index (χ3n) is 2.45. The van der Waals surface area contributed by atoms with Crippen molar-refractivity contribution in [1.82, 2.24) is 0 Å². The highest BCUT2D eigenvalue weighted by Gasteiger charge is 2.17. The lowest BCUT2D eigenvalue weighted by molar-refractivity contribution is 0.458. The van der Waals surface area contributed by atoms with Gasteiger partial charge in [-0.15, -0.1) is 0 Å². The molecule has 0 bridgehead atoms. The van der Waals surface area contributed by atoms with Crippen LogP contribution in [0.25, 0.3) is 0 Å². The van der Waals surface area contributed by atoms with Gasteiger partial charge in [0.05, 0.1) is 4.90 Å². The van der Waals surface area contributed by atoms with Crippen molar-refractivity contribution in [3.8, 4) is 0 Å². The van der Waals surface area contributed by atoms with Crippen LogP contribution in [0.1, 0.15) is 31.7 Å². The Morgan fingerprint density at radius 1 is 1.31 bits per heavy atom. The molecule has 0 fully saturated rings. The predicted molar refractivity (Wildman–Crippen MR) is 53.0 cm³/mol. The number of benzene rings is 1. The van der Waals surface area contributed by atoms with Gasteiger partial charge in [-0.3, -0.25) is 0 Å². The smallest absolute Gasteiger partial charge is 0.130 e. The molecule has 0 spiro atoms. The van der Waals surface area contributed by atoms with Crippen LogP contribution in [0.2, 0.25) is 0 Å². The molecule has 1 aromatic rings. The van der Waals surface area contributed by atoms with E-state index >= 15 is 0 Å². The molecule has 0 N–H and O–H groups in total. The van der Waals surface area contributed by atoms with E-state index in [1.54, 1.807) is 13.8 Å². The molecule has 0 heterocycles. The quantitative estimate of drug-likeness (QED) is 0.773. The van der Waals surface area contributed by atoms with Crippen LogP contribution >= 0.6 is 0 Å². The van der Waals surface area contributed by atoms with Gasteiger partial charge in [0.25, 0.3) is 0 Å². The summed E-state index contributed by atoms with van der Waals surface area (Å²) in [5, 5.41) is 0. The van der Waals surface area contributed by atoms with Gasteiger partial charge in [0.15, 0.2) is 0 Å². The van der Waals surface area contributed by atoms with Crippen LogP contribution in [0.5, 0.6) is 0 Å². The Morgan fingerprint density at radius 3 is 2.06 bits per heavy atom. The molecule has 6 heteroatoms. The van der Waals surface area contributed by atoms with E-state index in [0.29, 0.717) is 18.6 Å². The maximum Gasteiger partial charge on any atom is 0.130 e. The van der Waals surface area contributed by atoms with Crippen LogP contribution in [0.4, 0.5) is 8.78 Å². The van der Waals surface area contributed by atoms with E-state index < -0.39 is 26.6 Å². The van der Waals surface area contributed by atoms with Crippen LogP contribution in [0.15, 0.2) is 17.0 Å². The molecule has 16 heavy (non-hydrogen) atoms. The van der Waals surface area contributed by atoms with Gasteiger partial charge in [-0.2, -0.15) is 0 Å². The molecule has 0 radical (unpaired) electrons. The average molecular weight is 249 g/mol. The first kappa shape index (κ1) is 13.1. The van der Waals surface area contributed by atoms with E-state index in [2.05, 4.69) is 0 Å². The SMILES string of the molecule is CCC(C)c1c(F)cc(S(=O)(=O)[O-])cc1F. The van der Waals surface area contributed by atoms with Crippen LogP contribution in [-0.4, -0.2) is 13.0 Å². The maximum absolute atomic E-state index is 13.4. The monoisotopic (exact) mass is 249 g/mol. The van der Waals surface area contributed by atoms with Gasteiger partial charge >= 0.3 is 0 Å². The van der Waals surface area contributed by atoms with Gasteiger partial charge in [-0.1, -0.05) is 13.8 Å². The van der Waals surface area contributed by atoms with Crippen molar-refractivity contribution in [1.29, 1.82) is 0 Å². The fourth-order valence-corrected chi connectivity index (χ4v) is 1.88. The molecule has 1 rings (SSSR count). The minimum absolute atomic E-state index is 0.185. The van der Waals surface area contributed by atoms with E-state index in [1.165, 1.54) is 0 Å². The van der Waals surface area contributed by atoms with Crippen molar-refractivity contribution in [2.75, 3.05) is 0 Å². The van der Waals surface area contributed by atoms with Crippen molar-refractivity contribution in [3.05, 3.63) is 29.3 Å². The van der Waals surface area contributed by atoms with Gasteiger partial charge < -0.3 is 4.55 Å². The minimum Gasteiger partial charge on any atom is -0.744 e. The third kappa shape index (κ3) is 2.56. The standard InChI is InChI=1S/C10H12F2O3S/c1-3-6(2)10-8(11)4-7(5-9(10)12)16(13,14)15/h4-6H,3H2,1-2H3,(H,13,14,15)/p-1. The Labute approximate surface area is 92.9 Å². The zero-order valence-corrected chi connectivity index (χ0v) is 9.64. The van der Waals surface area contributed by atoms with Gasteiger partial charge in [0, 0.05) is 5.56 Å². The van der Waals surface area contributed by atoms with Crippen LogP contribution < -0.4 is 0 Å². The Morgan fingerprint density at radius 2 is 1.75 bits per heavy atom. The van der Waals surface area contributed by atoms with Gasteiger partial charge in [0.2, 0.25) is 0 Å². The molecule has 90 valence electrons. The summed E-state index contributed by atoms with van der Waals surface area (Å²) in [5.74, 6) is -2.36. The van der Waals surface area contributed by atoms with E-state index in [0.717, 1.165) is 0 Å². The van der Waals surface area contributed by atoms with Gasteiger partial charge in [0.1, 0.15) is 21.8 Å². The summed E-state index contributed by atoms with van der Waals surface area (Å²) in [6, 6.07) is 1.12. The zero-order valence-electron chi connectivity index (χ0n) is 8.83. The average Bonchev–Trinajstić information content (AvgIpc) is 2.14. The highest BCUT2D eigenvalue weighted by atomic mass is 32.2. The van der Waals surface area contributed by atoms with Gasteiger partial charge in [-0.25, -0.2) is 17.2 Å². The molecule has 0 saturated heterocycles. The second-order valence-electron chi connectivity index (χ2n) is 3.56. The Hall–Kier alpha value is -1.01. The molecular formula is C10H11F2O3S-. The fraction of sp³-hybridized carbons (Fsp3) is 0.400. The highest BCUT2D eigenvalue weighted by Crippen LogP contribution is 2.27. The summed E-state index contributed by atoms with van der Waals surface area (Å²) in [6.07, 6.45) is 0.511. The molecule has 0 saturated carbocycles. The predicted octanol–water partition coefficient (Wildman–Crippen LogP) is 2.38. The lowest BCUT2D eigenvalue weighted by Crippen LogP contribution is -2.06. The summed E-state index contributed by atoms with van der Waals surface area (Å²) in [7, 11) is -4.83. The van der Waals surface area contributed by atoms with Crippen LogP contribution in [-0.2, 0) is 10.1 Å². The van der Waals surface area contributed by atoms with E-state index in [4.69, 9.17) is 0 Å². The fourth-order valence-electron chi connectivity index (χ4n) is 1.38. The number of hydrogen-bond acceptors (Lipinski definition) is 3. The summed E-state index contributed by atoms with van der Waals surface area (Å²) >= 11 is 0. The van der Waals surface area contributed by atoms with E-state index in [-0.39, 0.29) is 11.5 Å². The van der Waals surface area contributed by atoms with Crippen molar-refractivity contribution in [2.24, 2.45) is 0 Å². The van der Waals surface area contributed by atoms with Crippen molar-refractivity contribution < 1.29 is 21.8 Å². The molecule has 0 aliphatic heterocycles. The molecule has 0 aliphatic rings. The third-order valence-corrected chi connectivity index (χ3v) is 3.26. The van der Waals surface area contributed by atoms with E-state index in [9.17, 15) is 21.8 Å². The second-order valence-corrected chi connectivity index (χ2v) is 4.94. The number of rotatable bonds is 3. The summed E-state index contributed by atoms with van der Waals surface area (Å²) in [6.45, 7) is 3.37. The first-order valence-corrected chi connectivity index (χ1v) is 6.13. The summed E-state index contributed by atoms with van der Waals surface area (Å²) in [5.41, 5.74) is -0.185. The Kier molecular flexibility index (Phi) is 3.64. The largest absolute Gasteiger partial charge is 0.744 e. The molecule has 0 aromatic heterocycles. The van der Waals surface area contributed by atoms with Crippen molar-refractivity contribution in [2.45, 2.75) is 31.1 Å². The molecule has 1 atom stereocenters. The maximum atomic E-state index is 13.4. The normalized spacial score (nSPS) is 13.8. The lowest BCUT2D eigenvalue weighted by Gasteiger charge is -2.14. The Bertz CT molecular complexity index is 474. The molecule has 1 aromatic carbocycles. The topological polar surface area (TPSA) is 57.2 Å². The molecule has 1 unspecified atom stereocenters. The second kappa shape index (κ2) is 4.47. The Balaban J connectivity index is 3.40. The van der Waals surface area contributed by atoms with E-state index in [1.807, 2.05) is 0 Å². The number of halogens is 2. The summed E-state index contributed by atoms with van der Waals surface area (Å²) in [4.78, 5) is -0.880. The first-order valence-electron chi connectivity index (χ1n) is 4.72. The zero-order chi connectivity index (χ0) is 12.5. The minimum atomic E-state index is -4.83. The molecule has 0 aliphatic carbocycles. The van der Waals surface area contributed by atoms with Gasteiger partial charge in [-0.05, 0) is 24.5 Å². The van der Waals surface area contributed by atoms with Crippen molar-refractivity contribution >= 4 is 10.1 Å². The van der Waals surface area contributed by atoms with Crippen LogP contribution in [0, 0.1) is 11.6 Å². The summed E-state index contributed by atoms with van der Waals surface area (Å²) < 4.78 is 58.7. The van der Waals surface area contributed by atoms with Crippen molar-refractivity contribution in [3.63, 3.8) is 0 Å².